The summed E-state index contributed by atoms with van der Waals surface area (Å²) in [5, 5.41) is 9.48. The average molecular weight is 258 g/mol. The molecule has 17 heavy (non-hydrogen) atoms. The van der Waals surface area contributed by atoms with Crippen LogP contribution in [0.25, 0.3) is 0 Å². The second kappa shape index (κ2) is 2.80. The Morgan fingerprint density at radius 2 is 1.76 bits per heavy atom. The Bertz CT molecular complexity index is 434. The lowest BCUT2D eigenvalue weighted by atomic mass is 9.74. The molecule has 0 aromatic heterocycles. The van der Waals surface area contributed by atoms with Gasteiger partial charge in [-0.1, -0.05) is 0 Å². The number of carbonyl (C=O) groups is 2. The fraction of sp³-hybridized carbons (Fsp3) is 0.818. The van der Waals surface area contributed by atoms with Gasteiger partial charge < -0.3 is 15.7 Å². The fourth-order valence-corrected chi connectivity index (χ4v) is 4.83. The van der Waals surface area contributed by atoms with Crippen LogP contribution in [0.1, 0.15) is 34.6 Å². The standard InChI is InChI=1S/C11H18N2O3S/c1-8(2)10(4,7(15)16)13-6(14)9(3,12)11(13,5)17-8/h12H2,1-5H3,(H,15,16)/t9-,10-,11-/m1/s1. The van der Waals surface area contributed by atoms with E-state index in [0.29, 0.717) is 0 Å². The van der Waals surface area contributed by atoms with Crippen LogP contribution in [0.2, 0.25) is 0 Å². The van der Waals surface area contributed by atoms with E-state index in [-0.39, 0.29) is 5.91 Å². The van der Waals surface area contributed by atoms with Crippen molar-refractivity contribution in [3.63, 3.8) is 0 Å². The first-order chi connectivity index (χ1) is 7.43. The normalized spacial score (nSPS) is 47.6. The zero-order valence-electron chi connectivity index (χ0n) is 10.7. The summed E-state index contributed by atoms with van der Waals surface area (Å²) in [7, 11) is 0. The maximum atomic E-state index is 12.1. The van der Waals surface area contributed by atoms with E-state index in [4.69, 9.17) is 5.73 Å². The molecule has 0 aliphatic carbocycles. The predicted molar refractivity (Wildman–Crippen MR) is 65.6 cm³/mol. The van der Waals surface area contributed by atoms with Crippen molar-refractivity contribution < 1.29 is 14.7 Å². The monoisotopic (exact) mass is 258 g/mol. The number of thioether (sulfide) groups is 1. The van der Waals surface area contributed by atoms with Crippen molar-refractivity contribution in [1.82, 2.24) is 4.90 Å². The van der Waals surface area contributed by atoms with Gasteiger partial charge in [0.05, 0.1) is 0 Å². The van der Waals surface area contributed by atoms with Gasteiger partial charge in [0.2, 0.25) is 5.91 Å². The molecular weight excluding hydrogens is 240 g/mol. The molecule has 3 atom stereocenters. The van der Waals surface area contributed by atoms with E-state index < -0.39 is 26.7 Å². The van der Waals surface area contributed by atoms with Crippen LogP contribution in [0.15, 0.2) is 0 Å². The molecule has 0 aromatic rings. The number of carboxylic acids is 1. The molecule has 0 spiro atoms. The highest BCUT2D eigenvalue weighted by molar-refractivity contribution is 8.02. The lowest BCUT2D eigenvalue weighted by Gasteiger charge is -2.59. The molecule has 2 saturated heterocycles. The van der Waals surface area contributed by atoms with Crippen LogP contribution in [0.4, 0.5) is 0 Å². The minimum atomic E-state index is -1.22. The van der Waals surface area contributed by atoms with Crippen molar-refractivity contribution >= 4 is 23.6 Å². The van der Waals surface area contributed by atoms with E-state index in [1.54, 1.807) is 13.8 Å². The summed E-state index contributed by atoms with van der Waals surface area (Å²) in [4.78, 5) is 24.5. The average Bonchev–Trinajstić information content (AvgIpc) is 2.30. The molecule has 0 saturated carbocycles. The summed E-state index contributed by atoms with van der Waals surface area (Å²) < 4.78 is -0.583. The Morgan fingerprint density at radius 1 is 1.29 bits per heavy atom. The number of carbonyl (C=O) groups excluding carboxylic acids is 1. The maximum Gasteiger partial charge on any atom is 0.330 e. The van der Waals surface area contributed by atoms with E-state index >= 15 is 0 Å². The van der Waals surface area contributed by atoms with Crippen LogP contribution in [-0.4, -0.2) is 42.6 Å². The van der Waals surface area contributed by atoms with Crippen molar-refractivity contribution in [1.29, 1.82) is 0 Å². The topological polar surface area (TPSA) is 83.6 Å². The lowest BCUT2D eigenvalue weighted by Crippen LogP contribution is -2.84. The quantitative estimate of drug-likeness (QED) is 0.674. The van der Waals surface area contributed by atoms with Gasteiger partial charge in [0.1, 0.15) is 10.4 Å². The van der Waals surface area contributed by atoms with E-state index in [9.17, 15) is 14.7 Å². The third kappa shape index (κ3) is 1.02. The molecule has 96 valence electrons. The summed E-state index contributed by atoms with van der Waals surface area (Å²) in [5.41, 5.74) is 3.80. The van der Waals surface area contributed by atoms with Gasteiger partial charge in [-0.2, -0.15) is 0 Å². The number of amides is 1. The van der Waals surface area contributed by atoms with Crippen LogP contribution in [0, 0.1) is 0 Å². The highest BCUT2D eigenvalue weighted by Gasteiger charge is 2.79. The Kier molecular flexibility index (Phi) is 2.09. The van der Waals surface area contributed by atoms with Gasteiger partial charge in [-0.25, -0.2) is 4.79 Å². The molecule has 0 unspecified atom stereocenters. The first-order valence-electron chi connectivity index (χ1n) is 5.50. The fourth-order valence-electron chi connectivity index (χ4n) is 2.80. The largest absolute Gasteiger partial charge is 0.479 e. The van der Waals surface area contributed by atoms with Gasteiger partial charge >= 0.3 is 5.97 Å². The molecule has 2 rings (SSSR count). The third-order valence-electron chi connectivity index (χ3n) is 4.53. The molecule has 0 bridgehead atoms. The second-order valence-corrected chi connectivity index (χ2v) is 7.84. The van der Waals surface area contributed by atoms with Crippen LogP contribution in [-0.2, 0) is 9.59 Å². The molecular formula is C11H18N2O3S. The van der Waals surface area contributed by atoms with Crippen molar-refractivity contribution in [3.8, 4) is 0 Å². The summed E-state index contributed by atoms with van der Waals surface area (Å²) >= 11 is 1.47. The molecule has 2 fully saturated rings. The third-order valence-corrected chi connectivity index (χ3v) is 6.44. The van der Waals surface area contributed by atoms with Gasteiger partial charge in [0.15, 0.2) is 5.54 Å². The highest BCUT2D eigenvalue weighted by Crippen LogP contribution is 2.65. The van der Waals surface area contributed by atoms with Crippen LogP contribution >= 0.6 is 11.8 Å². The highest BCUT2D eigenvalue weighted by atomic mass is 32.2. The SMILES string of the molecule is CC1(C)S[C@@]2(C)N(C(=O)[C@@]2(C)N)[C@]1(C)C(=O)O. The van der Waals surface area contributed by atoms with Crippen molar-refractivity contribution in [2.75, 3.05) is 0 Å². The zero-order valence-corrected chi connectivity index (χ0v) is 11.5. The molecule has 2 aliphatic rings. The molecule has 6 heteroatoms. The number of aliphatic carboxylic acids is 1. The van der Waals surface area contributed by atoms with E-state index in [1.165, 1.54) is 16.7 Å². The predicted octanol–water partition coefficient (Wildman–Crippen LogP) is 0.631. The number of hydrogen-bond acceptors (Lipinski definition) is 4. The molecule has 1 amide bonds. The molecule has 3 N–H and O–H groups in total. The van der Waals surface area contributed by atoms with Crippen LogP contribution < -0.4 is 5.73 Å². The van der Waals surface area contributed by atoms with Gasteiger partial charge in [0, 0.05) is 4.75 Å². The van der Waals surface area contributed by atoms with E-state index in [2.05, 4.69) is 0 Å². The number of carboxylic acid groups (broad SMARTS) is 1. The minimum absolute atomic E-state index is 0.289. The van der Waals surface area contributed by atoms with Crippen LogP contribution in [0.5, 0.6) is 0 Å². The number of β-lactam (4-membered cyclic amide) rings is 1. The van der Waals surface area contributed by atoms with Gasteiger partial charge in [-0.15, -0.1) is 11.8 Å². The number of rotatable bonds is 1. The summed E-state index contributed by atoms with van der Waals surface area (Å²) in [5.74, 6) is -1.27. The van der Waals surface area contributed by atoms with Crippen molar-refractivity contribution in [2.24, 2.45) is 5.73 Å². The summed E-state index contributed by atoms with van der Waals surface area (Å²) in [6.07, 6.45) is 0. The van der Waals surface area contributed by atoms with E-state index in [0.717, 1.165) is 0 Å². The Balaban J connectivity index is 2.60. The van der Waals surface area contributed by atoms with Gasteiger partial charge in [0.25, 0.3) is 0 Å². The Labute approximate surface area is 105 Å². The maximum absolute atomic E-state index is 12.1. The Hall–Kier alpha value is -0.750. The second-order valence-electron chi connectivity index (χ2n) is 5.82. The Morgan fingerprint density at radius 3 is 2.18 bits per heavy atom. The minimum Gasteiger partial charge on any atom is -0.479 e. The summed E-state index contributed by atoms with van der Waals surface area (Å²) in [6, 6.07) is 0. The number of hydrogen-bond donors (Lipinski definition) is 2. The van der Waals surface area contributed by atoms with Gasteiger partial charge in [-0.05, 0) is 34.6 Å². The van der Waals surface area contributed by atoms with E-state index in [1.807, 2.05) is 20.8 Å². The smallest absolute Gasteiger partial charge is 0.330 e. The first kappa shape index (κ1) is 12.7. The number of nitrogens with zero attached hydrogens (tertiary/aromatic N) is 1. The van der Waals surface area contributed by atoms with Crippen molar-refractivity contribution in [2.45, 2.75) is 55.3 Å². The molecule has 0 aromatic carbocycles. The molecule has 2 heterocycles. The molecule has 5 nitrogen and oxygen atoms in total. The summed E-state index contributed by atoms with van der Waals surface area (Å²) in [6.45, 7) is 8.80. The first-order valence-corrected chi connectivity index (χ1v) is 6.32. The van der Waals surface area contributed by atoms with Crippen molar-refractivity contribution in [3.05, 3.63) is 0 Å². The number of nitrogens with two attached hydrogens (primary N) is 1. The zero-order chi connectivity index (χ0) is 13.4. The molecule has 0 radical (unpaired) electrons. The molecule has 2 aliphatic heterocycles. The van der Waals surface area contributed by atoms with Gasteiger partial charge in [-0.3, -0.25) is 4.79 Å². The lowest BCUT2D eigenvalue weighted by molar-refractivity contribution is -0.182. The van der Waals surface area contributed by atoms with Crippen LogP contribution in [0.3, 0.4) is 0 Å². The number of fused-ring (bicyclic) bond motifs is 1.